The van der Waals surface area contributed by atoms with Gasteiger partial charge in [-0.1, -0.05) is 65.8 Å². The maximum absolute atomic E-state index is 12.5. The molecule has 3 fully saturated rings. The minimum atomic E-state index is -5.64. The van der Waals surface area contributed by atoms with E-state index in [0.717, 1.165) is 44.9 Å². The number of alkyl carbamates (subject to hydrolysis) is 1. The summed E-state index contributed by atoms with van der Waals surface area (Å²) in [6.45, 7) is 3.82. The molecule has 4 aliphatic rings. The summed E-state index contributed by atoms with van der Waals surface area (Å²) in [7, 11) is -13.5. The zero-order valence-corrected chi connectivity index (χ0v) is 32.4. The number of carbonyl (C=O) groups is 1. The molecule has 0 bridgehead atoms. The van der Waals surface area contributed by atoms with Crippen LogP contribution in [0.15, 0.2) is 12.2 Å². The normalized spacial score (nSPS) is 32.9. The maximum atomic E-state index is 12.5. The lowest BCUT2D eigenvalue weighted by atomic mass is 10.0. The number of fused-ring (bicyclic) bond motifs is 1. The molecule has 0 spiro atoms. The van der Waals surface area contributed by atoms with E-state index in [-0.39, 0.29) is 22.9 Å². The highest BCUT2D eigenvalue weighted by Gasteiger charge is 2.56. The van der Waals surface area contributed by atoms with Crippen molar-refractivity contribution in [3.8, 4) is 0 Å². The van der Waals surface area contributed by atoms with Crippen molar-refractivity contribution in [2.24, 2.45) is 17.8 Å². The van der Waals surface area contributed by atoms with Gasteiger partial charge in [-0.3, -0.25) is 4.52 Å². The SMILES string of the molecule is CC(C)(CNC(=O)OC1CC/C=C/CCC1)SSCOC1C[C@H](C2C3CCCCCCCC32)O[C@@H]1COP(=O)(O)OP(=O)(O)OP(=O)(O)O. The van der Waals surface area contributed by atoms with Crippen LogP contribution in [0.4, 0.5) is 4.79 Å². The van der Waals surface area contributed by atoms with E-state index in [9.17, 15) is 28.3 Å². The van der Waals surface area contributed by atoms with Crippen LogP contribution in [0.1, 0.15) is 97.3 Å². The first-order chi connectivity index (χ1) is 23.0. The molecular weight excluding hydrogens is 743 g/mol. The average molecular weight is 796 g/mol. The number of rotatable bonds is 16. The van der Waals surface area contributed by atoms with Gasteiger partial charge in [0, 0.05) is 17.7 Å². The summed E-state index contributed by atoms with van der Waals surface area (Å²) >= 11 is 0. The van der Waals surface area contributed by atoms with E-state index in [1.807, 2.05) is 13.8 Å². The van der Waals surface area contributed by atoms with Gasteiger partial charge in [0.2, 0.25) is 0 Å². The predicted octanol–water partition coefficient (Wildman–Crippen LogP) is 7.21. The minimum Gasteiger partial charge on any atom is -0.446 e. The van der Waals surface area contributed by atoms with E-state index in [2.05, 4.69) is 26.1 Å². The molecule has 5 N–H and O–H groups in total. The predicted molar refractivity (Wildman–Crippen MR) is 185 cm³/mol. The zero-order valence-electron chi connectivity index (χ0n) is 28.0. The van der Waals surface area contributed by atoms with E-state index in [4.69, 9.17) is 28.5 Å². The van der Waals surface area contributed by atoms with Crippen LogP contribution >= 0.6 is 45.1 Å². The average Bonchev–Trinajstić information content (AvgIpc) is 3.45. The van der Waals surface area contributed by atoms with Crippen LogP contribution in [0, 0.1) is 17.8 Å². The van der Waals surface area contributed by atoms with Crippen molar-refractivity contribution < 1.29 is 65.4 Å². The van der Waals surface area contributed by atoms with E-state index >= 15 is 0 Å². The lowest BCUT2D eigenvalue weighted by molar-refractivity contribution is -0.0419. The Hall–Kier alpha value is 0.0400. The smallest absolute Gasteiger partial charge is 0.446 e. The van der Waals surface area contributed by atoms with Crippen LogP contribution in [-0.4, -0.2) is 73.9 Å². The fourth-order valence-corrected chi connectivity index (χ4v) is 12.2. The van der Waals surface area contributed by atoms with Gasteiger partial charge in [-0.2, -0.15) is 8.62 Å². The molecule has 1 saturated heterocycles. The number of carbonyl (C=O) groups excluding carboxylic acids is 1. The molecule has 8 atom stereocenters. The molecule has 3 aliphatic carbocycles. The van der Waals surface area contributed by atoms with Gasteiger partial charge >= 0.3 is 29.6 Å². The molecule has 20 heteroatoms. The van der Waals surface area contributed by atoms with Gasteiger partial charge in [-0.15, -0.1) is 0 Å². The van der Waals surface area contributed by atoms with Gasteiger partial charge in [-0.25, -0.2) is 18.5 Å². The summed E-state index contributed by atoms with van der Waals surface area (Å²) in [6, 6.07) is 0. The Morgan fingerprint density at radius 1 is 0.898 bits per heavy atom. The molecule has 0 aromatic carbocycles. The molecule has 49 heavy (non-hydrogen) atoms. The Kier molecular flexibility index (Phi) is 16.1. The molecule has 15 nitrogen and oxygen atoms in total. The second-order valence-electron chi connectivity index (χ2n) is 13.7. The molecule has 1 heterocycles. The molecule has 0 aromatic rings. The van der Waals surface area contributed by atoms with Gasteiger partial charge < -0.3 is 39.1 Å². The number of phosphoric ester groups is 1. The Morgan fingerprint density at radius 3 is 2.27 bits per heavy atom. The number of hydrogen-bond acceptors (Lipinski definition) is 12. The summed E-state index contributed by atoms with van der Waals surface area (Å²) < 4.78 is 65.7. The Labute approximate surface area is 296 Å². The van der Waals surface area contributed by atoms with Crippen molar-refractivity contribution in [2.75, 3.05) is 19.1 Å². The first-order valence-corrected chi connectivity index (χ1v) is 23.8. The van der Waals surface area contributed by atoms with E-state index < -0.39 is 48.4 Å². The second kappa shape index (κ2) is 18.9. The maximum Gasteiger partial charge on any atom is 0.490 e. The van der Waals surface area contributed by atoms with Crippen LogP contribution < -0.4 is 5.32 Å². The van der Waals surface area contributed by atoms with Crippen LogP contribution in [-0.2, 0) is 41.1 Å². The number of phosphoric acid groups is 3. The quantitative estimate of drug-likeness (QED) is 0.0343. The highest BCUT2D eigenvalue weighted by atomic mass is 33.1. The minimum absolute atomic E-state index is 0.0941. The molecule has 0 radical (unpaired) electrons. The third-order valence-corrected chi connectivity index (χ3v) is 16.0. The molecule has 2 saturated carbocycles. The summed E-state index contributed by atoms with van der Waals surface area (Å²) in [6.07, 6.45) is 15.6. The van der Waals surface area contributed by atoms with Crippen LogP contribution in [0.5, 0.6) is 0 Å². The summed E-state index contributed by atoms with van der Waals surface area (Å²) in [5.41, 5.74) is 0. The lowest BCUT2D eigenvalue weighted by Gasteiger charge is -2.25. The van der Waals surface area contributed by atoms with Gasteiger partial charge in [-0.05, 0) is 76.5 Å². The van der Waals surface area contributed by atoms with E-state index in [1.165, 1.54) is 53.7 Å². The Morgan fingerprint density at radius 2 is 1.57 bits per heavy atom. The van der Waals surface area contributed by atoms with Crippen LogP contribution in [0.25, 0.3) is 0 Å². The summed E-state index contributed by atoms with van der Waals surface area (Å²) in [5, 5.41) is 2.87. The number of allylic oxidation sites excluding steroid dienone is 2. The lowest BCUT2D eigenvalue weighted by Crippen LogP contribution is -2.38. The van der Waals surface area contributed by atoms with E-state index in [0.29, 0.717) is 30.7 Å². The highest BCUT2D eigenvalue weighted by Crippen LogP contribution is 2.66. The van der Waals surface area contributed by atoms with Crippen molar-refractivity contribution in [1.82, 2.24) is 5.32 Å². The molecular formula is C29H52NO14P3S2. The van der Waals surface area contributed by atoms with Crippen molar-refractivity contribution >= 4 is 51.1 Å². The third-order valence-electron chi connectivity index (χ3n) is 9.21. The van der Waals surface area contributed by atoms with Crippen LogP contribution in [0.2, 0.25) is 0 Å². The fourth-order valence-electron chi connectivity index (χ4n) is 6.97. The Bertz CT molecular complexity index is 1240. The van der Waals surface area contributed by atoms with Crippen molar-refractivity contribution in [3.63, 3.8) is 0 Å². The largest absolute Gasteiger partial charge is 0.490 e. The van der Waals surface area contributed by atoms with Crippen molar-refractivity contribution in [2.45, 2.75) is 126 Å². The fraction of sp³-hybridized carbons (Fsp3) is 0.897. The zero-order chi connectivity index (χ0) is 35.7. The topological polar surface area (TPSA) is 217 Å². The molecule has 6 unspecified atom stereocenters. The van der Waals surface area contributed by atoms with E-state index in [1.54, 1.807) is 0 Å². The summed E-state index contributed by atoms with van der Waals surface area (Å²) in [4.78, 5) is 49.6. The first-order valence-electron chi connectivity index (χ1n) is 17.0. The molecule has 4 rings (SSSR count). The van der Waals surface area contributed by atoms with Gasteiger partial charge in [0.15, 0.2) is 0 Å². The first kappa shape index (κ1) is 41.8. The molecule has 1 aliphatic heterocycles. The summed E-state index contributed by atoms with van der Waals surface area (Å²) in [5.74, 6) is 1.67. The number of ether oxygens (including phenoxy) is 3. The third kappa shape index (κ3) is 15.1. The highest BCUT2D eigenvalue weighted by molar-refractivity contribution is 8.77. The van der Waals surface area contributed by atoms with Crippen molar-refractivity contribution in [3.05, 3.63) is 12.2 Å². The van der Waals surface area contributed by atoms with Gasteiger partial charge in [0.25, 0.3) is 0 Å². The number of nitrogens with one attached hydrogen (secondary N) is 1. The van der Waals surface area contributed by atoms with Gasteiger partial charge in [0.1, 0.15) is 18.1 Å². The van der Waals surface area contributed by atoms with Gasteiger partial charge in [0.05, 0.1) is 18.8 Å². The Balaban J connectivity index is 1.27. The molecule has 0 aromatic heterocycles. The standard InChI is InChI=1S/C29H52NO14P3S2/c1-29(2,19-30-28(31)41-21-13-9-5-3-6-10-14-21)49-48-20-39-24-17-25(27-22-15-11-7-4-8-12-16-23(22)27)42-26(24)18-40-46(35,36)44-47(37,38)43-45(32,33)34/h3,5,21-27H,4,6-20H2,1-2H3,(H,30,31)(H,35,36)(H,37,38)(H2,32,33,34)/b5-3+/t21?,22?,23?,24?,25-,26-,27?/m1/s1. The molecule has 284 valence electrons. The van der Waals surface area contributed by atoms with Crippen molar-refractivity contribution in [1.29, 1.82) is 0 Å². The van der Waals surface area contributed by atoms with Crippen LogP contribution in [0.3, 0.4) is 0 Å². The number of hydrogen-bond donors (Lipinski definition) is 5. The monoisotopic (exact) mass is 795 g/mol. The second-order valence-corrected chi connectivity index (χ2v) is 21.1. The number of amides is 1. The molecule has 1 amide bonds.